The normalized spacial score (nSPS) is 9.33. The Labute approximate surface area is 83.9 Å². The van der Waals surface area contributed by atoms with Gasteiger partial charge in [0.15, 0.2) is 0 Å². The Balaban J connectivity index is 0.000000720. The molecule has 0 unspecified atom stereocenters. The zero-order valence-electron chi connectivity index (χ0n) is 6.23. The van der Waals surface area contributed by atoms with Gasteiger partial charge in [-0.3, -0.25) is 0 Å². The number of para-hydroxylation sites is 1. The van der Waals surface area contributed by atoms with E-state index >= 15 is 0 Å². The summed E-state index contributed by atoms with van der Waals surface area (Å²) in [6.07, 6.45) is 0. The van der Waals surface area contributed by atoms with Gasteiger partial charge >= 0.3 is 0 Å². The fourth-order valence-corrected chi connectivity index (χ4v) is 1.05. The zero-order chi connectivity index (χ0) is 7.68. The molecule has 1 aromatic heterocycles. The molecule has 2 aromatic rings. The molecule has 0 amide bonds. The molecule has 0 saturated heterocycles. The molecule has 0 aliphatic carbocycles. The van der Waals surface area contributed by atoms with Gasteiger partial charge in [-0.25, -0.2) is 0 Å². The SMILES string of the molecule is O=c1ccc2ccccc2[n-]1.[W]. The Morgan fingerprint density at radius 2 is 1.75 bits per heavy atom. The molecule has 3 heteroatoms. The summed E-state index contributed by atoms with van der Waals surface area (Å²) in [7, 11) is 0. The molecule has 1 aromatic carbocycles. The monoisotopic (exact) mass is 328 g/mol. The van der Waals surface area contributed by atoms with Gasteiger partial charge in [0.25, 0.3) is 0 Å². The van der Waals surface area contributed by atoms with Crippen molar-refractivity contribution in [2.24, 2.45) is 0 Å². The van der Waals surface area contributed by atoms with Gasteiger partial charge in [-0.2, -0.15) is 0 Å². The largest absolute Gasteiger partial charge is 0.623 e. The minimum absolute atomic E-state index is 0. The summed E-state index contributed by atoms with van der Waals surface area (Å²) >= 11 is 0. The van der Waals surface area contributed by atoms with Crippen LogP contribution in [0.3, 0.4) is 0 Å². The van der Waals surface area contributed by atoms with Gasteiger partial charge in [0, 0.05) is 21.1 Å². The molecule has 0 bridgehead atoms. The molecule has 0 radical (unpaired) electrons. The predicted octanol–water partition coefficient (Wildman–Crippen LogP) is 1.15. The van der Waals surface area contributed by atoms with E-state index in [1.54, 1.807) is 6.07 Å². The van der Waals surface area contributed by atoms with Crippen LogP contribution in [0.4, 0.5) is 0 Å². The average molecular weight is 328 g/mol. The van der Waals surface area contributed by atoms with Gasteiger partial charge in [-0.15, -0.1) is 5.52 Å². The summed E-state index contributed by atoms with van der Waals surface area (Å²) in [5, 5.41) is 1.01. The first-order chi connectivity index (χ1) is 5.36. The molecule has 0 N–H and O–H groups in total. The summed E-state index contributed by atoms with van der Waals surface area (Å²) in [6, 6.07) is 10.8. The second-order valence-corrected chi connectivity index (χ2v) is 2.34. The zero-order valence-corrected chi connectivity index (χ0v) is 9.16. The second-order valence-electron chi connectivity index (χ2n) is 2.34. The Morgan fingerprint density at radius 3 is 2.58 bits per heavy atom. The Bertz CT molecular complexity index is 435. The van der Waals surface area contributed by atoms with E-state index in [-0.39, 0.29) is 26.6 Å². The van der Waals surface area contributed by atoms with Crippen molar-refractivity contribution in [3.63, 3.8) is 0 Å². The van der Waals surface area contributed by atoms with Gasteiger partial charge in [0.1, 0.15) is 0 Å². The van der Waals surface area contributed by atoms with Gasteiger partial charge in [0.05, 0.1) is 5.56 Å². The second kappa shape index (κ2) is 3.68. The van der Waals surface area contributed by atoms with Crippen molar-refractivity contribution in [3.8, 4) is 0 Å². The molecule has 0 atom stereocenters. The Kier molecular flexibility index (Phi) is 2.82. The third-order valence-electron chi connectivity index (χ3n) is 1.57. The van der Waals surface area contributed by atoms with Gasteiger partial charge in [-0.05, 0) is 11.5 Å². The minimum Gasteiger partial charge on any atom is -0.623 e. The molecule has 2 nitrogen and oxygen atoms in total. The first-order valence-corrected chi connectivity index (χ1v) is 3.39. The number of rotatable bonds is 0. The van der Waals surface area contributed by atoms with E-state index in [1.165, 1.54) is 6.07 Å². The maximum atomic E-state index is 10.8. The number of fused-ring (bicyclic) bond motifs is 1. The summed E-state index contributed by atoms with van der Waals surface area (Å²) in [5.41, 5.74) is 0.587. The third-order valence-corrected chi connectivity index (χ3v) is 1.57. The Morgan fingerprint density at radius 1 is 1.00 bits per heavy atom. The van der Waals surface area contributed by atoms with Crippen LogP contribution in [0.1, 0.15) is 0 Å². The molecule has 0 spiro atoms. The van der Waals surface area contributed by atoms with Crippen molar-refractivity contribution in [1.82, 2.24) is 4.98 Å². The molecule has 1 heterocycles. The van der Waals surface area contributed by atoms with Crippen molar-refractivity contribution in [3.05, 3.63) is 46.8 Å². The molecular weight excluding hydrogens is 322 g/mol. The van der Waals surface area contributed by atoms with E-state index in [2.05, 4.69) is 4.98 Å². The molecular formula is C9H6NOW-. The van der Waals surface area contributed by atoms with Crippen LogP contribution in [-0.4, -0.2) is 0 Å². The van der Waals surface area contributed by atoms with Crippen LogP contribution >= 0.6 is 0 Å². The first kappa shape index (κ1) is 9.21. The smallest absolute Gasteiger partial charge is 0.0780 e. The number of hydrogen-bond donors (Lipinski definition) is 0. The number of hydrogen-bond acceptors (Lipinski definition) is 1. The maximum Gasteiger partial charge on any atom is 0.0780 e. The summed E-state index contributed by atoms with van der Waals surface area (Å²) in [6.45, 7) is 0. The van der Waals surface area contributed by atoms with E-state index in [9.17, 15) is 4.79 Å². The van der Waals surface area contributed by atoms with Crippen molar-refractivity contribution in [2.75, 3.05) is 0 Å². The topological polar surface area (TPSA) is 31.2 Å². The molecule has 0 aliphatic heterocycles. The van der Waals surface area contributed by atoms with E-state index < -0.39 is 0 Å². The van der Waals surface area contributed by atoms with Crippen LogP contribution in [0, 0.1) is 0 Å². The molecule has 0 aliphatic rings. The fourth-order valence-electron chi connectivity index (χ4n) is 1.05. The van der Waals surface area contributed by atoms with E-state index in [0.29, 0.717) is 0 Å². The van der Waals surface area contributed by atoms with E-state index in [1.807, 2.05) is 24.3 Å². The summed E-state index contributed by atoms with van der Waals surface area (Å²) in [4.78, 5) is 14.6. The van der Waals surface area contributed by atoms with Crippen molar-refractivity contribution < 1.29 is 21.1 Å². The first-order valence-electron chi connectivity index (χ1n) is 3.39. The fraction of sp³-hybridized carbons (Fsp3) is 0. The van der Waals surface area contributed by atoms with Crippen LogP contribution in [0.25, 0.3) is 10.9 Å². The van der Waals surface area contributed by atoms with Gasteiger partial charge in [-0.1, -0.05) is 30.3 Å². The summed E-state index contributed by atoms with van der Waals surface area (Å²) < 4.78 is 0. The molecule has 0 saturated carbocycles. The van der Waals surface area contributed by atoms with Crippen molar-refractivity contribution in [1.29, 1.82) is 0 Å². The van der Waals surface area contributed by atoms with E-state index in [4.69, 9.17) is 0 Å². The predicted molar refractivity (Wildman–Crippen MR) is 43.5 cm³/mol. The van der Waals surface area contributed by atoms with Crippen molar-refractivity contribution >= 4 is 10.9 Å². The Hall–Kier alpha value is -0.882. The third kappa shape index (κ3) is 1.64. The molecule has 60 valence electrons. The van der Waals surface area contributed by atoms with Crippen LogP contribution < -0.4 is 10.5 Å². The standard InChI is InChI=1S/C9H7NO.W/c11-9-6-5-7-3-1-2-4-8(7)10-9;/h1-6H,(H,10,11);/p-1. The average Bonchev–Trinajstić information content (AvgIpc) is 2.04. The maximum absolute atomic E-state index is 10.8. The molecule has 2 rings (SSSR count). The van der Waals surface area contributed by atoms with Crippen LogP contribution in [0.2, 0.25) is 0 Å². The number of pyridine rings is 1. The number of aromatic nitrogens is 1. The van der Waals surface area contributed by atoms with Gasteiger partial charge < -0.3 is 9.78 Å². The van der Waals surface area contributed by atoms with Gasteiger partial charge in [0.2, 0.25) is 0 Å². The quantitative estimate of drug-likeness (QED) is 0.727. The molecule has 0 fully saturated rings. The minimum atomic E-state index is -0.177. The van der Waals surface area contributed by atoms with Crippen LogP contribution in [0.5, 0.6) is 0 Å². The van der Waals surface area contributed by atoms with E-state index in [0.717, 1.165) is 10.9 Å². The number of benzene rings is 1. The van der Waals surface area contributed by atoms with Crippen LogP contribution in [-0.2, 0) is 21.1 Å². The van der Waals surface area contributed by atoms with Crippen molar-refractivity contribution in [2.45, 2.75) is 0 Å². The number of nitrogens with zero attached hydrogens (tertiary/aromatic N) is 1. The molecule has 12 heavy (non-hydrogen) atoms. The van der Waals surface area contributed by atoms with Crippen LogP contribution in [0.15, 0.2) is 41.2 Å². The summed E-state index contributed by atoms with van der Waals surface area (Å²) in [5.74, 6) is 0.